The highest BCUT2D eigenvalue weighted by atomic mass is 16.5. The fraction of sp³-hybridized carbons (Fsp3) is 0.800. The van der Waals surface area contributed by atoms with Crippen LogP contribution < -0.4 is 0 Å². The minimum absolute atomic E-state index is 0.227. The van der Waals surface area contributed by atoms with Gasteiger partial charge in [-0.15, -0.1) is 0 Å². The number of amides is 1. The van der Waals surface area contributed by atoms with Gasteiger partial charge in [-0.25, -0.2) is 4.79 Å². The first-order valence-electron chi connectivity index (χ1n) is 7.30. The lowest BCUT2D eigenvalue weighted by Gasteiger charge is -2.47. The summed E-state index contributed by atoms with van der Waals surface area (Å²) in [6.07, 6.45) is -1.01. The molecule has 1 heterocycles. The number of carbonyl (C=O) groups excluding carboxylic acids is 2. The Balaban J connectivity index is 3.15. The molecule has 1 saturated heterocycles. The molecule has 2 atom stereocenters. The predicted molar refractivity (Wildman–Crippen MR) is 80.3 cm³/mol. The summed E-state index contributed by atoms with van der Waals surface area (Å²) in [5.41, 5.74) is -1.96. The second-order valence-electron chi connectivity index (χ2n) is 7.16. The number of ether oxygens (including phenoxy) is 1. The van der Waals surface area contributed by atoms with E-state index in [1.165, 1.54) is 18.7 Å². The van der Waals surface area contributed by atoms with Crippen molar-refractivity contribution in [2.45, 2.75) is 46.3 Å². The second kappa shape index (κ2) is 6.24. The quantitative estimate of drug-likeness (QED) is 0.767. The number of carboxylic acid groups (broad SMARTS) is 1. The average molecular weight is 314 g/mol. The SMILES string of the molecule is CC(=O)OC(C(=O)N1CCN(C)CC1(C)C(=O)O)C(C)(C)C. The molecule has 0 aromatic carbocycles. The summed E-state index contributed by atoms with van der Waals surface area (Å²) in [6, 6.07) is 0. The number of aliphatic carboxylic acids is 1. The molecule has 0 spiro atoms. The maximum absolute atomic E-state index is 12.9. The van der Waals surface area contributed by atoms with E-state index in [2.05, 4.69) is 0 Å². The highest BCUT2D eigenvalue weighted by Crippen LogP contribution is 2.29. The van der Waals surface area contributed by atoms with Crippen LogP contribution in [0.25, 0.3) is 0 Å². The van der Waals surface area contributed by atoms with Crippen molar-refractivity contribution in [3.8, 4) is 0 Å². The Morgan fingerprint density at radius 2 is 1.77 bits per heavy atom. The van der Waals surface area contributed by atoms with Crippen LogP contribution in [0.1, 0.15) is 34.6 Å². The van der Waals surface area contributed by atoms with Crippen LogP contribution in [0.5, 0.6) is 0 Å². The van der Waals surface area contributed by atoms with Crippen molar-refractivity contribution in [3.05, 3.63) is 0 Å². The van der Waals surface area contributed by atoms with E-state index < -0.39 is 34.9 Å². The molecule has 126 valence electrons. The number of rotatable bonds is 3. The highest BCUT2D eigenvalue weighted by Gasteiger charge is 2.49. The Kier molecular flexibility index (Phi) is 5.22. The summed E-state index contributed by atoms with van der Waals surface area (Å²) >= 11 is 0. The molecule has 1 fully saturated rings. The van der Waals surface area contributed by atoms with Gasteiger partial charge >= 0.3 is 11.9 Å². The van der Waals surface area contributed by atoms with Crippen molar-refractivity contribution in [1.29, 1.82) is 0 Å². The molecular weight excluding hydrogens is 288 g/mol. The summed E-state index contributed by atoms with van der Waals surface area (Å²) < 4.78 is 5.19. The fourth-order valence-electron chi connectivity index (χ4n) is 2.65. The zero-order valence-electron chi connectivity index (χ0n) is 14.2. The molecule has 1 N–H and O–H groups in total. The van der Waals surface area contributed by atoms with Crippen LogP contribution in [0.3, 0.4) is 0 Å². The monoisotopic (exact) mass is 314 g/mol. The Labute approximate surface area is 131 Å². The molecule has 0 saturated carbocycles. The molecule has 1 amide bonds. The smallest absolute Gasteiger partial charge is 0.330 e. The van der Waals surface area contributed by atoms with Crippen LogP contribution in [0.15, 0.2) is 0 Å². The Hall–Kier alpha value is -1.63. The Bertz CT molecular complexity index is 471. The summed E-state index contributed by atoms with van der Waals surface area (Å²) in [5.74, 6) is -2.08. The molecule has 0 radical (unpaired) electrons. The molecule has 7 heteroatoms. The van der Waals surface area contributed by atoms with E-state index in [1.807, 2.05) is 11.9 Å². The van der Waals surface area contributed by atoms with Gasteiger partial charge in [0.2, 0.25) is 0 Å². The van der Waals surface area contributed by atoms with E-state index in [4.69, 9.17) is 4.74 Å². The van der Waals surface area contributed by atoms with Crippen LogP contribution in [0, 0.1) is 5.41 Å². The first-order valence-corrected chi connectivity index (χ1v) is 7.30. The van der Waals surface area contributed by atoms with Crippen molar-refractivity contribution in [1.82, 2.24) is 9.80 Å². The molecule has 2 unspecified atom stereocenters. The van der Waals surface area contributed by atoms with Gasteiger partial charge in [0.15, 0.2) is 11.6 Å². The lowest BCUT2D eigenvalue weighted by molar-refractivity contribution is -0.177. The first-order chi connectivity index (χ1) is 9.89. The normalized spacial score (nSPS) is 24.7. The van der Waals surface area contributed by atoms with E-state index in [-0.39, 0.29) is 13.1 Å². The summed E-state index contributed by atoms with van der Waals surface area (Å²) in [5, 5.41) is 9.57. The minimum atomic E-state index is -1.34. The number of likely N-dealkylation sites (N-methyl/N-ethyl adjacent to an activating group) is 1. The number of carboxylic acids is 1. The molecular formula is C15H26N2O5. The third kappa shape index (κ3) is 3.76. The van der Waals surface area contributed by atoms with E-state index in [9.17, 15) is 19.5 Å². The summed E-state index contributed by atoms with van der Waals surface area (Å²) in [7, 11) is 1.82. The Morgan fingerprint density at radius 1 is 1.23 bits per heavy atom. The average Bonchev–Trinajstić information content (AvgIpc) is 2.33. The lowest BCUT2D eigenvalue weighted by atomic mass is 9.86. The standard InChI is InChI=1S/C15H26N2O5/c1-10(18)22-11(14(2,3)4)12(19)17-8-7-16(6)9-15(17,5)13(20)21/h11H,7-9H2,1-6H3,(H,20,21). The summed E-state index contributed by atoms with van der Waals surface area (Å²) in [4.78, 5) is 39.1. The number of piperazine rings is 1. The van der Waals surface area contributed by atoms with Crippen molar-refractivity contribution in [3.63, 3.8) is 0 Å². The summed E-state index contributed by atoms with van der Waals surface area (Å²) in [6.45, 7) is 9.21. The third-order valence-electron chi connectivity index (χ3n) is 3.90. The Morgan fingerprint density at radius 3 is 2.18 bits per heavy atom. The predicted octanol–water partition coefficient (Wildman–Crippen LogP) is 0.582. The minimum Gasteiger partial charge on any atom is -0.479 e. The van der Waals surface area contributed by atoms with Crippen molar-refractivity contribution >= 4 is 17.8 Å². The topological polar surface area (TPSA) is 87.2 Å². The lowest BCUT2D eigenvalue weighted by Crippen LogP contribution is -2.67. The molecule has 0 aromatic rings. The van der Waals surface area contributed by atoms with Gasteiger partial charge in [-0.3, -0.25) is 9.59 Å². The number of hydrogen-bond acceptors (Lipinski definition) is 5. The van der Waals surface area contributed by atoms with Gasteiger partial charge in [-0.1, -0.05) is 20.8 Å². The zero-order valence-corrected chi connectivity index (χ0v) is 14.2. The maximum Gasteiger partial charge on any atom is 0.330 e. The number of esters is 1. The second-order valence-corrected chi connectivity index (χ2v) is 7.16. The molecule has 0 bridgehead atoms. The number of carbonyl (C=O) groups is 3. The van der Waals surface area contributed by atoms with Crippen molar-refractivity contribution < 1.29 is 24.2 Å². The zero-order chi connectivity index (χ0) is 17.3. The molecule has 0 aliphatic carbocycles. The largest absolute Gasteiger partial charge is 0.479 e. The maximum atomic E-state index is 12.9. The van der Waals surface area contributed by atoms with Crippen LogP contribution in [-0.4, -0.2) is 71.1 Å². The van der Waals surface area contributed by atoms with Crippen LogP contribution in [0.2, 0.25) is 0 Å². The van der Waals surface area contributed by atoms with Gasteiger partial charge in [0, 0.05) is 32.0 Å². The van der Waals surface area contributed by atoms with E-state index in [0.29, 0.717) is 6.54 Å². The third-order valence-corrected chi connectivity index (χ3v) is 3.90. The van der Waals surface area contributed by atoms with Crippen LogP contribution in [-0.2, 0) is 19.1 Å². The van der Waals surface area contributed by atoms with Crippen molar-refractivity contribution in [2.75, 3.05) is 26.7 Å². The fourth-order valence-corrected chi connectivity index (χ4v) is 2.65. The highest BCUT2D eigenvalue weighted by molar-refractivity contribution is 5.90. The van der Waals surface area contributed by atoms with Crippen LogP contribution >= 0.6 is 0 Å². The van der Waals surface area contributed by atoms with E-state index in [1.54, 1.807) is 20.8 Å². The molecule has 22 heavy (non-hydrogen) atoms. The molecule has 1 aliphatic rings. The van der Waals surface area contributed by atoms with Crippen molar-refractivity contribution in [2.24, 2.45) is 5.41 Å². The van der Waals surface area contributed by atoms with Gasteiger partial charge in [-0.2, -0.15) is 0 Å². The van der Waals surface area contributed by atoms with E-state index in [0.717, 1.165) is 0 Å². The molecule has 0 aromatic heterocycles. The van der Waals surface area contributed by atoms with Gasteiger partial charge in [0.25, 0.3) is 5.91 Å². The van der Waals surface area contributed by atoms with Crippen LogP contribution in [0.4, 0.5) is 0 Å². The first kappa shape index (κ1) is 18.4. The number of hydrogen-bond donors (Lipinski definition) is 1. The molecule has 7 nitrogen and oxygen atoms in total. The van der Waals surface area contributed by atoms with Gasteiger partial charge in [0.05, 0.1) is 0 Å². The van der Waals surface area contributed by atoms with Gasteiger partial charge in [-0.05, 0) is 14.0 Å². The number of nitrogens with zero attached hydrogens (tertiary/aromatic N) is 2. The molecule has 1 rings (SSSR count). The van der Waals surface area contributed by atoms with Gasteiger partial charge < -0.3 is 19.6 Å². The van der Waals surface area contributed by atoms with E-state index >= 15 is 0 Å². The molecule has 1 aliphatic heterocycles. The van der Waals surface area contributed by atoms with Gasteiger partial charge in [0.1, 0.15) is 0 Å².